The summed E-state index contributed by atoms with van der Waals surface area (Å²) in [7, 11) is 0. The van der Waals surface area contributed by atoms with E-state index in [9.17, 15) is 19.8 Å². The summed E-state index contributed by atoms with van der Waals surface area (Å²) in [5.74, 6) is -2.20. The van der Waals surface area contributed by atoms with Crippen LogP contribution in [0.1, 0.15) is 23.0 Å². The maximum Gasteiger partial charge on any atom is 0.308 e. The molecule has 1 rings (SSSR count). The Hall–Kier alpha value is -1.44. The standard InChI is InChI=1S/C10H12O6S/c11-7(3-9(14)15)10(16)5-1-6(17-4-5)2-8(12)13/h1,4,7,10-11,16H,2-3H2,(H,12,13)(H,14,15). The molecular weight excluding hydrogens is 248 g/mol. The van der Waals surface area contributed by atoms with Gasteiger partial charge in [-0.15, -0.1) is 11.3 Å². The molecule has 0 saturated heterocycles. The third-order valence-electron chi connectivity index (χ3n) is 2.09. The number of aliphatic hydroxyl groups is 2. The zero-order valence-electron chi connectivity index (χ0n) is 8.74. The molecule has 2 unspecified atom stereocenters. The molecule has 0 aliphatic carbocycles. The highest BCUT2D eigenvalue weighted by molar-refractivity contribution is 7.10. The highest BCUT2D eigenvalue weighted by Gasteiger charge is 2.22. The van der Waals surface area contributed by atoms with Crippen molar-refractivity contribution in [1.82, 2.24) is 0 Å². The van der Waals surface area contributed by atoms with Gasteiger partial charge in [0, 0.05) is 4.88 Å². The van der Waals surface area contributed by atoms with Crippen LogP contribution in [0.5, 0.6) is 0 Å². The van der Waals surface area contributed by atoms with E-state index in [1.807, 2.05) is 0 Å². The molecule has 94 valence electrons. The molecule has 0 aliphatic heterocycles. The summed E-state index contributed by atoms with van der Waals surface area (Å²) in [6, 6.07) is 1.45. The van der Waals surface area contributed by atoms with E-state index in [1.54, 1.807) is 0 Å². The van der Waals surface area contributed by atoms with Gasteiger partial charge in [-0.1, -0.05) is 0 Å². The van der Waals surface area contributed by atoms with Crippen molar-refractivity contribution < 1.29 is 30.0 Å². The quantitative estimate of drug-likeness (QED) is 0.582. The normalized spacial score (nSPS) is 14.2. The molecule has 2 atom stereocenters. The van der Waals surface area contributed by atoms with E-state index in [2.05, 4.69) is 0 Å². The van der Waals surface area contributed by atoms with Gasteiger partial charge >= 0.3 is 11.9 Å². The van der Waals surface area contributed by atoms with Crippen LogP contribution in [0.25, 0.3) is 0 Å². The van der Waals surface area contributed by atoms with Crippen LogP contribution in [0.15, 0.2) is 11.4 Å². The summed E-state index contributed by atoms with van der Waals surface area (Å²) < 4.78 is 0. The van der Waals surface area contributed by atoms with Crippen molar-refractivity contribution >= 4 is 23.3 Å². The van der Waals surface area contributed by atoms with Crippen molar-refractivity contribution in [3.8, 4) is 0 Å². The average Bonchev–Trinajstić information content (AvgIpc) is 2.62. The fourth-order valence-electron chi connectivity index (χ4n) is 1.31. The van der Waals surface area contributed by atoms with E-state index < -0.39 is 30.6 Å². The minimum absolute atomic E-state index is 0.160. The molecule has 0 bridgehead atoms. The van der Waals surface area contributed by atoms with Crippen LogP contribution in [0.2, 0.25) is 0 Å². The second kappa shape index (κ2) is 5.76. The first-order valence-corrected chi connectivity index (χ1v) is 5.65. The third kappa shape index (κ3) is 4.14. The van der Waals surface area contributed by atoms with Crippen LogP contribution in [-0.2, 0) is 16.0 Å². The van der Waals surface area contributed by atoms with Crippen molar-refractivity contribution in [2.75, 3.05) is 0 Å². The van der Waals surface area contributed by atoms with Gasteiger partial charge in [0.25, 0.3) is 0 Å². The molecule has 0 aromatic carbocycles. The van der Waals surface area contributed by atoms with Gasteiger partial charge in [0.15, 0.2) is 0 Å². The molecule has 7 heteroatoms. The first-order valence-electron chi connectivity index (χ1n) is 4.77. The van der Waals surface area contributed by atoms with Gasteiger partial charge in [0.2, 0.25) is 0 Å². The maximum absolute atomic E-state index is 10.4. The zero-order valence-corrected chi connectivity index (χ0v) is 9.55. The molecule has 1 heterocycles. The number of aliphatic hydroxyl groups excluding tert-OH is 2. The fourth-order valence-corrected chi connectivity index (χ4v) is 2.21. The Bertz CT molecular complexity index is 413. The SMILES string of the molecule is O=C(O)Cc1cc(C(O)C(O)CC(=O)O)cs1. The Balaban J connectivity index is 2.68. The summed E-state index contributed by atoms with van der Waals surface area (Å²) >= 11 is 1.14. The summed E-state index contributed by atoms with van der Waals surface area (Å²) in [5, 5.41) is 37.5. The number of hydrogen-bond acceptors (Lipinski definition) is 5. The second-order valence-corrected chi connectivity index (χ2v) is 4.52. The number of carboxylic acids is 2. The van der Waals surface area contributed by atoms with Crippen molar-refractivity contribution in [3.05, 3.63) is 21.9 Å². The largest absolute Gasteiger partial charge is 0.481 e. The van der Waals surface area contributed by atoms with E-state index in [0.29, 0.717) is 10.4 Å². The molecule has 1 aromatic heterocycles. The fraction of sp³-hybridized carbons (Fsp3) is 0.400. The van der Waals surface area contributed by atoms with E-state index in [4.69, 9.17) is 10.2 Å². The predicted molar refractivity (Wildman–Crippen MR) is 58.9 cm³/mol. The highest BCUT2D eigenvalue weighted by Crippen LogP contribution is 2.25. The lowest BCUT2D eigenvalue weighted by Gasteiger charge is -2.14. The molecule has 6 nitrogen and oxygen atoms in total. The topological polar surface area (TPSA) is 115 Å². The number of carbonyl (C=O) groups is 2. The number of rotatable bonds is 6. The van der Waals surface area contributed by atoms with E-state index in [-0.39, 0.29) is 6.42 Å². The molecular formula is C10H12O6S. The smallest absolute Gasteiger partial charge is 0.308 e. The Morgan fingerprint density at radius 1 is 1.24 bits per heavy atom. The summed E-state index contributed by atoms with van der Waals surface area (Å²) in [6.45, 7) is 0. The monoisotopic (exact) mass is 260 g/mol. The van der Waals surface area contributed by atoms with E-state index in [1.165, 1.54) is 11.4 Å². The summed E-state index contributed by atoms with van der Waals surface area (Å²) in [6.07, 6.45) is -3.44. The molecule has 0 spiro atoms. The molecule has 1 aromatic rings. The second-order valence-electron chi connectivity index (χ2n) is 3.53. The van der Waals surface area contributed by atoms with Gasteiger partial charge in [-0.3, -0.25) is 9.59 Å². The zero-order chi connectivity index (χ0) is 13.0. The van der Waals surface area contributed by atoms with Gasteiger partial charge < -0.3 is 20.4 Å². The minimum Gasteiger partial charge on any atom is -0.481 e. The molecule has 17 heavy (non-hydrogen) atoms. The number of hydrogen-bond donors (Lipinski definition) is 4. The van der Waals surface area contributed by atoms with Crippen LogP contribution in [0.3, 0.4) is 0 Å². The average molecular weight is 260 g/mol. The van der Waals surface area contributed by atoms with Crippen LogP contribution < -0.4 is 0 Å². The first kappa shape index (κ1) is 13.6. The maximum atomic E-state index is 10.4. The molecule has 4 N–H and O–H groups in total. The minimum atomic E-state index is -1.40. The van der Waals surface area contributed by atoms with Crippen LogP contribution in [-0.4, -0.2) is 38.5 Å². The molecule has 0 radical (unpaired) electrons. The van der Waals surface area contributed by atoms with Gasteiger partial charge in [-0.25, -0.2) is 0 Å². The van der Waals surface area contributed by atoms with Gasteiger partial charge in [0.05, 0.1) is 18.9 Å². The molecule has 0 amide bonds. The number of carboxylic acid groups (broad SMARTS) is 2. The molecule has 0 fully saturated rings. The molecule has 0 saturated carbocycles. The van der Waals surface area contributed by atoms with Crippen molar-refractivity contribution in [2.45, 2.75) is 25.0 Å². The van der Waals surface area contributed by atoms with Gasteiger partial charge in [-0.2, -0.15) is 0 Å². The highest BCUT2D eigenvalue weighted by atomic mass is 32.1. The van der Waals surface area contributed by atoms with E-state index in [0.717, 1.165) is 11.3 Å². The Morgan fingerprint density at radius 3 is 2.41 bits per heavy atom. The predicted octanol–water partition coefficient (Wildman–Crippen LogP) is 0.244. The van der Waals surface area contributed by atoms with Gasteiger partial charge in [-0.05, 0) is 17.0 Å². The van der Waals surface area contributed by atoms with Crippen LogP contribution in [0, 0.1) is 0 Å². The van der Waals surface area contributed by atoms with Crippen molar-refractivity contribution in [1.29, 1.82) is 0 Å². The van der Waals surface area contributed by atoms with Crippen LogP contribution in [0.4, 0.5) is 0 Å². The van der Waals surface area contributed by atoms with Crippen LogP contribution >= 0.6 is 11.3 Å². The Kier molecular flexibility index (Phi) is 4.62. The Morgan fingerprint density at radius 2 is 1.88 bits per heavy atom. The van der Waals surface area contributed by atoms with Crippen molar-refractivity contribution in [3.63, 3.8) is 0 Å². The molecule has 0 aliphatic rings. The lowest BCUT2D eigenvalue weighted by atomic mass is 10.0. The van der Waals surface area contributed by atoms with Gasteiger partial charge in [0.1, 0.15) is 6.10 Å². The summed E-state index contributed by atoms with van der Waals surface area (Å²) in [5.41, 5.74) is 0.333. The number of aliphatic carboxylic acids is 2. The Labute approximate surface area is 101 Å². The summed E-state index contributed by atoms with van der Waals surface area (Å²) in [4.78, 5) is 21.3. The van der Waals surface area contributed by atoms with E-state index >= 15 is 0 Å². The lowest BCUT2D eigenvalue weighted by molar-refractivity contribution is -0.141. The number of thiophene rings is 1. The van der Waals surface area contributed by atoms with Crippen molar-refractivity contribution in [2.24, 2.45) is 0 Å². The first-order chi connectivity index (χ1) is 7.90. The third-order valence-corrected chi connectivity index (χ3v) is 3.04. The lowest BCUT2D eigenvalue weighted by Crippen LogP contribution is -2.21.